The average Bonchev–Trinajstić information content (AvgIpc) is 2.69. The molecule has 1 aromatic carbocycles. The van der Waals surface area contributed by atoms with Gasteiger partial charge in [0, 0.05) is 17.1 Å². The lowest BCUT2D eigenvalue weighted by Crippen LogP contribution is -2.13. The Kier molecular flexibility index (Phi) is 3.55. The van der Waals surface area contributed by atoms with Crippen molar-refractivity contribution in [3.63, 3.8) is 0 Å². The molecular formula is C15H20N2O. The third-order valence-electron chi connectivity index (χ3n) is 2.89. The van der Waals surface area contributed by atoms with Crippen molar-refractivity contribution in [1.29, 1.82) is 0 Å². The third kappa shape index (κ3) is 3.00. The maximum atomic E-state index is 9.68. The summed E-state index contributed by atoms with van der Waals surface area (Å²) in [4.78, 5) is 3.24. The van der Waals surface area contributed by atoms with Crippen LogP contribution in [0.15, 0.2) is 30.5 Å². The predicted octanol–water partition coefficient (Wildman–Crippen LogP) is 2.45. The van der Waals surface area contributed by atoms with Gasteiger partial charge in [-0.3, -0.25) is 0 Å². The number of aliphatic hydroxyl groups is 1. The van der Waals surface area contributed by atoms with Crippen LogP contribution in [0, 0.1) is 0 Å². The second-order valence-electron chi connectivity index (χ2n) is 5.14. The number of benzene rings is 1. The monoisotopic (exact) mass is 244 g/mol. The summed E-state index contributed by atoms with van der Waals surface area (Å²) in [7, 11) is 0. The second-order valence-corrected chi connectivity index (χ2v) is 5.14. The van der Waals surface area contributed by atoms with Gasteiger partial charge in [-0.1, -0.05) is 18.2 Å². The maximum Gasteiger partial charge on any atom is 0.0774 e. The first kappa shape index (κ1) is 12.9. The van der Waals surface area contributed by atoms with Crippen LogP contribution >= 0.6 is 0 Å². The van der Waals surface area contributed by atoms with Crippen LogP contribution < -0.4 is 5.73 Å². The lowest BCUT2D eigenvalue weighted by molar-refractivity contribution is 0.134. The Morgan fingerprint density at radius 3 is 2.83 bits per heavy atom. The first-order valence-corrected chi connectivity index (χ1v) is 6.21. The van der Waals surface area contributed by atoms with Crippen LogP contribution in [-0.2, 0) is 6.42 Å². The molecule has 0 saturated heterocycles. The zero-order valence-corrected chi connectivity index (χ0v) is 10.9. The van der Waals surface area contributed by atoms with Gasteiger partial charge in [0.25, 0.3) is 0 Å². The molecule has 0 bridgehead atoms. The number of nitrogens with two attached hydrogens (primary N) is 1. The Labute approximate surface area is 107 Å². The van der Waals surface area contributed by atoms with Gasteiger partial charge in [0.05, 0.1) is 5.60 Å². The second kappa shape index (κ2) is 4.96. The average molecular weight is 244 g/mol. The SMILES string of the molecule is CC(C)(O)C=Cc1ccc2[nH]cc(CCN)c2c1. The molecule has 1 heterocycles. The molecule has 3 heteroatoms. The van der Waals surface area contributed by atoms with E-state index in [-0.39, 0.29) is 0 Å². The van der Waals surface area contributed by atoms with E-state index in [1.807, 2.05) is 18.3 Å². The number of hydrogen-bond donors (Lipinski definition) is 3. The van der Waals surface area contributed by atoms with Crippen LogP contribution in [0.4, 0.5) is 0 Å². The van der Waals surface area contributed by atoms with Crippen LogP contribution in [0.2, 0.25) is 0 Å². The summed E-state index contributed by atoms with van der Waals surface area (Å²) in [6.07, 6.45) is 6.63. The van der Waals surface area contributed by atoms with Crippen molar-refractivity contribution in [1.82, 2.24) is 4.98 Å². The van der Waals surface area contributed by atoms with Gasteiger partial charge in [-0.05, 0) is 50.1 Å². The molecule has 0 atom stereocenters. The quantitative estimate of drug-likeness (QED) is 0.773. The highest BCUT2D eigenvalue weighted by Gasteiger charge is 2.07. The zero-order chi connectivity index (χ0) is 13.2. The first-order chi connectivity index (χ1) is 8.49. The summed E-state index contributed by atoms with van der Waals surface area (Å²) < 4.78 is 0. The van der Waals surface area contributed by atoms with E-state index in [0.717, 1.165) is 17.5 Å². The molecule has 3 nitrogen and oxygen atoms in total. The molecule has 18 heavy (non-hydrogen) atoms. The summed E-state index contributed by atoms with van der Waals surface area (Å²) in [5, 5.41) is 10.9. The van der Waals surface area contributed by atoms with Gasteiger partial charge in [0.1, 0.15) is 0 Å². The standard InChI is InChI=1S/C15H20N2O/c1-15(2,18)7-5-11-3-4-14-13(9-11)12(6-8-16)10-17-14/h3-5,7,9-10,17-18H,6,8,16H2,1-2H3. The molecule has 0 radical (unpaired) electrons. The zero-order valence-electron chi connectivity index (χ0n) is 10.9. The summed E-state index contributed by atoms with van der Waals surface area (Å²) >= 11 is 0. The fraction of sp³-hybridized carbons (Fsp3) is 0.333. The highest BCUT2D eigenvalue weighted by Crippen LogP contribution is 2.21. The summed E-state index contributed by atoms with van der Waals surface area (Å²) in [5.41, 5.74) is 8.27. The van der Waals surface area contributed by atoms with Gasteiger partial charge in [-0.15, -0.1) is 0 Å². The highest BCUT2D eigenvalue weighted by atomic mass is 16.3. The number of rotatable bonds is 4. The molecule has 0 fully saturated rings. The summed E-state index contributed by atoms with van der Waals surface area (Å²) in [6, 6.07) is 6.21. The number of aromatic nitrogens is 1. The van der Waals surface area contributed by atoms with Crippen molar-refractivity contribution in [2.75, 3.05) is 6.54 Å². The van der Waals surface area contributed by atoms with Crippen molar-refractivity contribution in [3.8, 4) is 0 Å². The molecule has 0 aliphatic rings. The molecule has 0 spiro atoms. The van der Waals surface area contributed by atoms with E-state index >= 15 is 0 Å². The van der Waals surface area contributed by atoms with Crippen molar-refractivity contribution in [2.45, 2.75) is 25.9 Å². The van der Waals surface area contributed by atoms with E-state index in [1.165, 1.54) is 10.9 Å². The van der Waals surface area contributed by atoms with Gasteiger partial charge in [-0.2, -0.15) is 0 Å². The lowest BCUT2D eigenvalue weighted by atomic mass is 10.0. The predicted molar refractivity (Wildman–Crippen MR) is 76.4 cm³/mol. The summed E-state index contributed by atoms with van der Waals surface area (Å²) in [6.45, 7) is 4.17. The molecule has 1 aromatic heterocycles. The molecule has 96 valence electrons. The smallest absolute Gasteiger partial charge is 0.0774 e. The van der Waals surface area contributed by atoms with E-state index in [1.54, 1.807) is 19.9 Å². The Morgan fingerprint density at radius 2 is 2.17 bits per heavy atom. The van der Waals surface area contributed by atoms with E-state index in [2.05, 4.69) is 17.1 Å². The van der Waals surface area contributed by atoms with Crippen molar-refractivity contribution in [3.05, 3.63) is 41.6 Å². The number of aromatic amines is 1. The topological polar surface area (TPSA) is 62.0 Å². The van der Waals surface area contributed by atoms with Crippen molar-refractivity contribution >= 4 is 17.0 Å². The van der Waals surface area contributed by atoms with Crippen molar-refractivity contribution < 1.29 is 5.11 Å². The fourth-order valence-corrected chi connectivity index (χ4v) is 1.96. The Morgan fingerprint density at radius 1 is 1.39 bits per heavy atom. The molecule has 4 N–H and O–H groups in total. The van der Waals surface area contributed by atoms with Crippen LogP contribution in [0.3, 0.4) is 0 Å². The maximum absolute atomic E-state index is 9.68. The largest absolute Gasteiger partial charge is 0.386 e. The minimum Gasteiger partial charge on any atom is -0.386 e. The minimum absolute atomic E-state index is 0.649. The van der Waals surface area contributed by atoms with E-state index in [4.69, 9.17) is 5.73 Å². The molecule has 2 rings (SSSR count). The van der Waals surface area contributed by atoms with Crippen LogP contribution in [0.1, 0.15) is 25.0 Å². The van der Waals surface area contributed by atoms with Gasteiger partial charge in [-0.25, -0.2) is 0 Å². The highest BCUT2D eigenvalue weighted by molar-refractivity contribution is 5.85. The number of fused-ring (bicyclic) bond motifs is 1. The Hall–Kier alpha value is -1.58. The normalized spacial score (nSPS) is 12.7. The molecule has 2 aromatic rings. The van der Waals surface area contributed by atoms with Crippen LogP contribution in [-0.4, -0.2) is 22.2 Å². The summed E-state index contributed by atoms with van der Waals surface area (Å²) in [5.74, 6) is 0. The van der Waals surface area contributed by atoms with E-state index in [9.17, 15) is 5.11 Å². The van der Waals surface area contributed by atoms with Crippen LogP contribution in [0.5, 0.6) is 0 Å². The Balaban J connectivity index is 2.36. The molecule has 0 aliphatic carbocycles. The lowest BCUT2D eigenvalue weighted by Gasteiger charge is -2.10. The van der Waals surface area contributed by atoms with Gasteiger partial charge in [0.2, 0.25) is 0 Å². The third-order valence-corrected chi connectivity index (χ3v) is 2.89. The van der Waals surface area contributed by atoms with Gasteiger partial charge in [0.15, 0.2) is 0 Å². The Bertz CT molecular complexity index is 561. The van der Waals surface area contributed by atoms with Gasteiger partial charge < -0.3 is 15.8 Å². The number of nitrogens with one attached hydrogen (secondary N) is 1. The molecule has 0 aliphatic heterocycles. The van der Waals surface area contributed by atoms with Crippen LogP contribution in [0.25, 0.3) is 17.0 Å². The number of hydrogen-bond acceptors (Lipinski definition) is 2. The molecular weight excluding hydrogens is 224 g/mol. The van der Waals surface area contributed by atoms with E-state index < -0.39 is 5.60 Å². The number of H-pyrrole nitrogens is 1. The molecule has 0 saturated carbocycles. The molecule has 0 amide bonds. The fourth-order valence-electron chi connectivity index (χ4n) is 1.96. The first-order valence-electron chi connectivity index (χ1n) is 6.21. The van der Waals surface area contributed by atoms with Gasteiger partial charge >= 0.3 is 0 Å². The molecule has 0 unspecified atom stereocenters. The van der Waals surface area contributed by atoms with Crippen molar-refractivity contribution in [2.24, 2.45) is 5.73 Å². The van der Waals surface area contributed by atoms with E-state index in [0.29, 0.717) is 6.54 Å². The minimum atomic E-state index is -0.785.